The Kier molecular flexibility index (Phi) is 16.2. The second-order valence-corrected chi connectivity index (χ2v) is 18.0. The van der Waals surface area contributed by atoms with E-state index in [-0.39, 0.29) is 48.8 Å². The number of fused-ring (bicyclic) bond motifs is 2. The van der Waals surface area contributed by atoms with Crippen molar-refractivity contribution in [3.05, 3.63) is 156 Å². The van der Waals surface area contributed by atoms with Gasteiger partial charge in [-0.15, -0.1) is 0 Å². The van der Waals surface area contributed by atoms with Crippen LogP contribution >= 0.6 is 0 Å². The topological polar surface area (TPSA) is 161 Å². The van der Waals surface area contributed by atoms with Crippen LogP contribution in [0.15, 0.2) is 133 Å². The Morgan fingerprint density at radius 2 is 0.896 bits per heavy atom. The molecule has 1 saturated heterocycles. The molecule has 8 atom stereocenters. The molecule has 350 valence electrons. The second kappa shape index (κ2) is 22.6. The number of epoxide rings is 1. The van der Waals surface area contributed by atoms with Crippen molar-refractivity contribution in [3.8, 4) is 0 Å². The predicted octanol–water partition coefficient (Wildman–Crippen LogP) is 7.82. The molecule has 6 amide bonds. The van der Waals surface area contributed by atoms with Crippen molar-refractivity contribution in [2.75, 3.05) is 14.1 Å². The zero-order valence-electron chi connectivity index (χ0n) is 39.4. The first-order valence-corrected chi connectivity index (χ1v) is 23.5. The number of benzene rings is 4. The summed E-state index contributed by atoms with van der Waals surface area (Å²) in [5.74, 6) is -1.02. The number of hydrogen-bond donors (Lipinski definition) is 4. The number of nitrogens with zero attached hydrogens (tertiary/aromatic N) is 4. The third kappa shape index (κ3) is 12.7. The third-order valence-corrected chi connectivity index (χ3v) is 13.0. The van der Waals surface area contributed by atoms with E-state index in [1.807, 2.05) is 161 Å². The lowest BCUT2D eigenvalue weighted by molar-refractivity contribution is -0.125. The Morgan fingerprint density at radius 3 is 1.28 bits per heavy atom. The van der Waals surface area contributed by atoms with E-state index in [0.29, 0.717) is 25.7 Å². The van der Waals surface area contributed by atoms with Crippen LogP contribution in [0.25, 0.3) is 21.8 Å². The number of nitrogens with one attached hydrogen (secondary N) is 4. The number of urea groups is 2. The summed E-state index contributed by atoms with van der Waals surface area (Å²) in [4.78, 5) is 69.0. The Hall–Kier alpha value is -6.86. The van der Waals surface area contributed by atoms with Crippen LogP contribution in [0.3, 0.4) is 0 Å². The zero-order chi connectivity index (χ0) is 47.5. The van der Waals surface area contributed by atoms with E-state index in [1.54, 1.807) is 14.1 Å². The number of amides is 6. The highest BCUT2D eigenvalue weighted by Crippen LogP contribution is 2.33. The van der Waals surface area contributed by atoms with Gasteiger partial charge in [0.2, 0.25) is 11.8 Å². The molecule has 4 aromatic carbocycles. The van der Waals surface area contributed by atoms with Gasteiger partial charge >= 0.3 is 12.1 Å². The average Bonchev–Trinajstić information content (AvgIpc) is 4.15. The summed E-state index contributed by atoms with van der Waals surface area (Å²) in [5.41, 5.74) is 5.16. The van der Waals surface area contributed by atoms with E-state index in [0.717, 1.165) is 44.3 Å². The highest BCUT2D eigenvalue weighted by atomic mass is 16.6. The maximum atomic E-state index is 14.5. The number of aromatic nitrogens is 2. The lowest BCUT2D eigenvalue weighted by Gasteiger charge is -2.29. The SMILES string of the molecule is CCC(C)[C@H](NC(=O)N(C)Cc1ccc2ccccc2n1)C(=O)N[C@@H](Cc1ccccc1)[C@@H]1O[C@@H]1[C@H](Cc1ccccc1)NC(=O)[C@@H](NC(=O)N(C)Cc1ccc2ccccc2n1)C(C)CC. The van der Waals surface area contributed by atoms with Crippen LogP contribution in [-0.2, 0) is 40.3 Å². The van der Waals surface area contributed by atoms with Crippen LogP contribution in [0.4, 0.5) is 9.59 Å². The molecule has 0 radical (unpaired) electrons. The molecule has 2 aromatic heterocycles. The van der Waals surface area contributed by atoms with Gasteiger partial charge in [-0.25, -0.2) is 9.59 Å². The number of para-hydroxylation sites is 2. The van der Waals surface area contributed by atoms with Crippen molar-refractivity contribution in [2.24, 2.45) is 11.8 Å². The molecule has 3 heterocycles. The molecule has 1 aliphatic heterocycles. The number of hydrogen-bond acceptors (Lipinski definition) is 7. The first kappa shape index (κ1) is 48.1. The maximum absolute atomic E-state index is 14.5. The zero-order valence-corrected chi connectivity index (χ0v) is 39.4. The Bertz CT molecular complexity index is 2440. The Balaban J connectivity index is 1.06. The molecular weight excluding hydrogens is 841 g/mol. The molecule has 4 N–H and O–H groups in total. The predicted molar refractivity (Wildman–Crippen MR) is 263 cm³/mol. The van der Waals surface area contributed by atoms with E-state index >= 15 is 0 Å². The molecule has 6 aromatic rings. The normalized spacial score (nSPS) is 17.0. The first-order chi connectivity index (χ1) is 32.4. The molecule has 13 heteroatoms. The lowest BCUT2D eigenvalue weighted by Crippen LogP contribution is -2.57. The van der Waals surface area contributed by atoms with Gasteiger partial charge in [0, 0.05) is 24.9 Å². The molecular formula is C54H64N8O5. The number of pyridine rings is 2. The fraction of sp³-hybridized carbons (Fsp3) is 0.370. The lowest BCUT2D eigenvalue weighted by atomic mass is 9.93. The summed E-state index contributed by atoms with van der Waals surface area (Å²) in [6.07, 6.45) is 1.28. The van der Waals surface area contributed by atoms with Gasteiger partial charge < -0.3 is 35.8 Å². The molecule has 1 aliphatic rings. The van der Waals surface area contributed by atoms with Crippen LogP contribution in [0, 0.1) is 11.8 Å². The van der Waals surface area contributed by atoms with Crippen LogP contribution in [0.5, 0.6) is 0 Å². The fourth-order valence-corrected chi connectivity index (χ4v) is 8.48. The van der Waals surface area contributed by atoms with Crippen molar-refractivity contribution in [2.45, 2.75) is 103 Å². The maximum Gasteiger partial charge on any atom is 0.318 e. The van der Waals surface area contributed by atoms with Gasteiger partial charge in [0.1, 0.15) is 24.3 Å². The van der Waals surface area contributed by atoms with Gasteiger partial charge in [0.05, 0.1) is 47.6 Å². The molecule has 0 spiro atoms. The summed E-state index contributed by atoms with van der Waals surface area (Å²) in [6, 6.07) is 39.8. The van der Waals surface area contributed by atoms with Gasteiger partial charge in [-0.3, -0.25) is 19.6 Å². The minimum atomic E-state index is -0.838. The number of rotatable bonds is 20. The monoisotopic (exact) mass is 904 g/mol. The van der Waals surface area contributed by atoms with Crippen LogP contribution < -0.4 is 21.3 Å². The second-order valence-electron chi connectivity index (χ2n) is 18.0. The van der Waals surface area contributed by atoms with Crippen molar-refractivity contribution < 1.29 is 23.9 Å². The van der Waals surface area contributed by atoms with E-state index < -0.39 is 36.4 Å². The van der Waals surface area contributed by atoms with Gasteiger partial charge in [-0.2, -0.15) is 0 Å². The minimum absolute atomic E-state index is 0.190. The number of carbonyl (C=O) groups is 4. The summed E-state index contributed by atoms with van der Waals surface area (Å²) >= 11 is 0. The van der Waals surface area contributed by atoms with Gasteiger partial charge in [-0.1, -0.05) is 150 Å². The van der Waals surface area contributed by atoms with Crippen molar-refractivity contribution in [3.63, 3.8) is 0 Å². The summed E-state index contributed by atoms with van der Waals surface area (Å²) in [5, 5.41) is 14.7. The van der Waals surface area contributed by atoms with Gasteiger partial charge in [0.15, 0.2) is 0 Å². The molecule has 13 nitrogen and oxygen atoms in total. The smallest absolute Gasteiger partial charge is 0.318 e. The van der Waals surface area contributed by atoms with E-state index in [4.69, 9.17) is 14.7 Å². The number of carbonyl (C=O) groups excluding carboxylic acids is 4. The third-order valence-electron chi connectivity index (χ3n) is 13.0. The molecule has 0 aliphatic carbocycles. The van der Waals surface area contributed by atoms with Gasteiger partial charge in [0.25, 0.3) is 0 Å². The molecule has 7 rings (SSSR count). The molecule has 2 unspecified atom stereocenters. The molecule has 0 bridgehead atoms. The minimum Gasteiger partial charge on any atom is -0.365 e. The summed E-state index contributed by atoms with van der Waals surface area (Å²) in [6.45, 7) is 8.41. The fourth-order valence-electron chi connectivity index (χ4n) is 8.48. The quantitative estimate of drug-likeness (QED) is 0.0569. The molecule has 1 fully saturated rings. The van der Waals surface area contributed by atoms with Crippen LogP contribution in [-0.4, -0.2) is 94.1 Å². The highest BCUT2D eigenvalue weighted by Gasteiger charge is 2.51. The van der Waals surface area contributed by atoms with E-state index in [2.05, 4.69) is 21.3 Å². The summed E-state index contributed by atoms with van der Waals surface area (Å²) < 4.78 is 6.52. The standard InChI is InChI=1S/C54H64N8O5/c1-7-35(3)47(59-53(65)61(5)33-41-29-27-39-23-15-17-25-43(39)55-41)51(63)57-45(31-37-19-11-9-12-20-37)49-50(67-49)46(32-38-21-13-10-14-22-38)58-52(64)48(36(4)8-2)60-54(66)62(6)34-42-30-28-40-24-16-18-26-44(40)56-42/h9-30,35-36,45-50H,7-8,31-34H2,1-6H3,(H,57,63)(H,58,64)(H,59,65)(H,60,66)/t35?,36?,45-,46-,47-,48-,49-,50+/m0/s1. The molecule has 67 heavy (non-hydrogen) atoms. The average molecular weight is 905 g/mol. The van der Waals surface area contributed by atoms with Crippen molar-refractivity contribution >= 4 is 45.7 Å². The largest absolute Gasteiger partial charge is 0.365 e. The first-order valence-electron chi connectivity index (χ1n) is 23.5. The summed E-state index contributed by atoms with van der Waals surface area (Å²) in [7, 11) is 3.39. The van der Waals surface area contributed by atoms with E-state index in [9.17, 15) is 19.2 Å². The molecule has 0 saturated carbocycles. The Morgan fingerprint density at radius 1 is 0.522 bits per heavy atom. The van der Waals surface area contributed by atoms with Crippen molar-refractivity contribution in [1.82, 2.24) is 41.0 Å². The van der Waals surface area contributed by atoms with Crippen LogP contribution in [0.2, 0.25) is 0 Å². The highest BCUT2D eigenvalue weighted by molar-refractivity contribution is 5.88. The van der Waals surface area contributed by atoms with Crippen molar-refractivity contribution in [1.29, 1.82) is 0 Å². The number of ether oxygens (including phenoxy) is 1. The van der Waals surface area contributed by atoms with E-state index in [1.165, 1.54) is 9.80 Å². The van der Waals surface area contributed by atoms with Gasteiger partial charge in [-0.05, 0) is 60.1 Å². The Labute approximate surface area is 394 Å². The van der Waals surface area contributed by atoms with Crippen LogP contribution in [0.1, 0.15) is 63.1 Å².